The van der Waals surface area contributed by atoms with Crippen LogP contribution in [0, 0.1) is 0 Å². The summed E-state index contributed by atoms with van der Waals surface area (Å²) in [6.45, 7) is 9.50. The van der Waals surface area contributed by atoms with Gasteiger partial charge in [-0.2, -0.15) is 0 Å². The molecule has 2 aromatic carbocycles. The first-order valence-electron chi connectivity index (χ1n) is 7.99. The number of nitrogens with zero attached hydrogens (tertiary/aromatic N) is 1. The molecule has 0 spiro atoms. The molecule has 1 aliphatic carbocycles. The van der Waals surface area contributed by atoms with Gasteiger partial charge in [-0.05, 0) is 23.6 Å². The summed E-state index contributed by atoms with van der Waals surface area (Å²) in [5.74, 6) is 0.377. The molecule has 1 aliphatic rings. The Kier molecular flexibility index (Phi) is 9.72. The Morgan fingerprint density at radius 3 is 2.08 bits per heavy atom. The predicted molar refractivity (Wildman–Crippen MR) is 95.2 cm³/mol. The quantitative estimate of drug-likeness (QED) is 0.630. The van der Waals surface area contributed by atoms with Gasteiger partial charge in [0.25, 0.3) is 0 Å². The largest absolute Gasteiger partial charge is 3.00 e. The minimum atomic E-state index is 0. The number of halogens is 2. The smallest absolute Gasteiger partial charge is 1.00 e. The summed E-state index contributed by atoms with van der Waals surface area (Å²) >= 11 is 0. The van der Waals surface area contributed by atoms with Gasteiger partial charge < -0.3 is 30.1 Å². The summed E-state index contributed by atoms with van der Waals surface area (Å²) in [7, 11) is 0. The fraction of sp³-hybridized carbons (Fsp3) is 0.333. The van der Waals surface area contributed by atoms with Crippen LogP contribution in [-0.4, -0.2) is 5.54 Å². The average molecular weight is 409 g/mol. The molecular weight excluding hydrogens is 385 g/mol. The van der Waals surface area contributed by atoms with Crippen LogP contribution in [0.2, 0.25) is 0 Å². The van der Waals surface area contributed by atoms with Crippen LogP contribution in [0.25, 0.3) is 11.4 Å². The average Bonchev–Trinajstić information content (AvgIpc) is 2.80. The Morgan fingerprint density at radius 1 is 0.880 bits per heavy atom. The van der Waals surface area contributed by atoms with E-state index in [1.54, 1.807) is 0 Å². The van der Waals surface area contributed by atoms with Gasteiger partial charge in [0.1, 0.15) is 0 Å². The van der Waals surface area contributed by atoms with E-state index in [4.69, 9.17) is 5.32 Å². The SMILES string of the molecule is CC1=Cc2ccccc2C1c1ccccc1C[N-]C(C)(C)C.[Cl-].[Cl-].[Ti+3]. The molecule has 1 unspecified atom stereocenters. The zero-order valence-corrected chi connectivity index (χ0v) is 18.3. The van der Waals surface area contributed by atoms with Gasteiger partial charge in [0.15, 0.2) is 0 Å². The van der Waals surface area contributed by atoms with Crippen molar-refractivity contribution in [2.24, 2.45) is 0 Å². The van der Waals surface area contributed by atoms with Crippen LogP contribution in [-0.2, 0) is 28.3 Å². The number of benzene rings is 2. The van der Waals surface area contributed by atoms with E-state index in [0.717, 1.165) is 6.54 Å². The molecular formula is C21H24Cl2NTi. The van der Waals surface area contributed by atoms with Gasteiger partial charge in [-0.15, -0.1) is 12.1 Å². The molecule has 0 amide bonds. The first kappa shape index (κ1) is 24.4. The molecule has 131 valence electrons. The summed E-state index contributed by atoms with van der Waals surface area (Å²) in [6.07, 6.45) is 2.32. The van der Waals surface area contributed by atoms with Crippen LogP contribution < -0.4 is 24.8 Å². The molecule has 1 atom stereocenters. The van der Waals surface area contributed by atoms with Gasteiger partial charge in [0, 0.05) is 5.92 Å². The molecule has 0 heterocycles. The third-order valence-corrected chi connectivity index (χ3v) is 4.24. The second-order valence-corrected chi connectivity index (χ2v) is 7.14. The number of fused-ring (bicyclic) bond motifs is 1. The fourth-order valence-corrected chi connectivity index (χ4v) is 3.17. The molecule has 0 aromatic heterocycles. The molecule has 25 heavy (non-hydrogen) atoms. The van der Waals surface area contributed by atoms with E-state index >= 15 is 0 Å². The Balaban J connectivity index is 0.00000192. The fourth-order valence-electron chi connectivity index (χ4n) is 3.17. The zero-order chi connectivity index (χ0) is 15.7. The van der Waals surface area contributed by atoms with Crippen molar-refractivity contribution in [2.75, 3.05) is 0 Å². The van der Waals surface area contributed by atoms with Crippen molar-refractivity contribution in [2.45, 2.75) is 45.7 Å². The topological polar surface area (TPSA) is 14.1 Å². The molecule has 0 aliphatic heterocycles. The van der Waals surface area contributed by atoms with Crippen molar-refractivity contribution in [1.82, 2.24) is 0 Å². The second-order valence-electron chi connectivity index (χ2n) is 7.14. The van der Waals surface area contributed by atoms with Crippen molar-refractivity contribution in [1.29, 1.82) is 0 Å². The van der Waals surface area contributed by atoms with Crippen LogP contribution >= 0.6 is 0 Å². The van der Waals surface area contributed by atoms with Gasteiger partial charge in [-0.25, -0.2) is 0 Å². The van der Waals surface area contributed by atoms with Crippen LogP contribution in [0.4, 0.5) is 0 Å². The Hall–Kier alpha value is -0.566. The minimum Gasteiger partial charge on any atom is -1.00 e. The summed E-state index contributed by atoms with van der Waals surface area (Å²) < 4.78 is 0. The number of hydrogen-bond donors (Lipinski definition) is 0. The first-order valence-corrected chi connectivity index (χ1v) is 7.99. The molecule has 0 saturated carbocycles. The predicted octanol–water partition coefficient (Wildman–Crippen LogP) is -0.0869. The Labute approximate surface area is 179 Å². The molecule has 4 heteroatoms. The molecule has 2 aromatic rings. The standard InChI is InChI=1S/C21H24N.2ClH.Ti/c1-15-13-16-9-5-7-11-18(16)20(15)19-12-8-6-10-17(19)14-22-21(2,3)4;;;/h5-13,20H,14H2,1-4H3;2*1H;/q-1;;;+3/p-2. The maximum atomic E-state index is 4.82. The van der Waals surface area contributed by atoms with Gasteiger partial charge >= 0.3 is 21.7 Å². The van der Waals surface area contributed by atoms with Gasteiger partial charge in [0.2, 0.25) is 0 Å². The van der Waals surface area contributed by atoms with E-state index in [2.05, 4.69) is 82.3 Å². The van der Waals surface area contributed by atoms with E-state index in [1.807, 2.05) is 0 Å². The number of allylic oxidation sites excluding steroid dienone is 1. The van der Waals surface area contributed by atoms with Crippen molar-refractivity contribution >= 4 is 6.08 Å². The molecule has 0 N–H and O–H groups in total. The van der Waals surface area contributed by atoms with Crippen LogP contribution in [0.1, 0.15) is 55.9 Å². The number of hydrogen-bond acceptors (Lipinski definition) is 0. The monoisotopic (exact) mass is 408 g/mol. The minimum absolute atomic E-state index is 0. The third kappa shape index (κ3) is 5.71. The van der Waals surface area contributed by atoms with Gasteiger partial charge in [-0.3, -0.25) is 0 Å². The van der Waals surface area contributed by atoms with Crippen molar-refractivity contribution in [3.63, 3.8) is 0 Å². The maximum Gasteiger partial charge on any atom is 3.00 e. The third-order valence-electron chi connectivity index (χ3n) is 4.24. The van der Waals surface area contributed by atoms with E-state index in [-0.39, 0.29) is 52.1 Å². The van der Waals surface area contributed by atoms with Crippen molar-refractivity contribution in [3.8, 4) is 0 Å². The maximum absolute atomic E-state index is 4.82. The molecule has 1 nitrogen and oxygen atoms in total. The summed E-state index contributed by atoms with van der Waals surface area (Å²) in [5, 5.41) is 4.82. The first-order chi connectivity index (χ1) is 10.5. The summed E-state index contributed by atoms with van der Waals surface area (Å²) in [4.78, 5) is 0. The normalized spacial score (nSPS) is 15.2. The van der Waals surface area contributed by atoms with Crippen molar-refractivity contribution < 1.29 is 46.5 Å². The molecule has 0 saturated heterocycles. The molecule has 1 radical (unpaired) electrons. The summed E-state index contributed by atoms with van der Waals surface area (Å²) in [5.41, 5.74) is 6.94. The number of rotatable bonds is 3. The van der Waals surface area contributed by atoms with Crippen molar-refractivity contribution in [3.05, 3.63) is 81.7 Å². The molecule has 0 bridgehead atoms. The van der Waals surface area contributed by atoms with Crippen LogP contribution in [0.3, 0.4) is 0 Å². The van der Waals surface area contributed by atoms with E-state index in [0.29, 0.717) is 5.92 Å². The van der Waals surface area contributed by atoms with Gasteiger partial charge in [-0.1, -0.05) is 86.5 Å². The van der Waals surface area contributed by atoms with Gasteiger partial charge in [0.05, 0.1) is 0 Å². The second kappa shape index (κ2) is 9.95. The van der Waals surface area contributed by atoms with Crippen LogP contribution in [0.15, 0.2) is 54.1 Å². The zero-order valence-electron chi connectivity index (χ0n) is 15.2. The Bertz CT molecular complexity index is 720. The molecule has 3 rings (SSSR count). The van der Waals surface area contributed by atoms with Crippen LogP contribution in [0.5, 0.6) is 0 Å². The Morgan fingerprint density at radius 2 is 1.44 bits per heavy atom. The summed E-state index contributed by atoms with van der Waals surface area (Å²) in [6, 6.07) is 17.5. The molecule has 0 fully saturated rings. The van der Waals surface area contributed by atoms with E-state index in [1.165, 1.54) is 27.8 Å². The van der Waals surface area contributed by atoms with E-state index < -0.39 is 0 Å². The van der Waals surface area contributed by atoms with E-state index in [9.17, 15) is 0 Å².